The molecule has 0 amide bonds. The Hall–Kier alpha value is -3.09. The molecular formula is C15H11N3O4. The maximum absolute atomic E-state index is 12.3. The zero-order valence-corrected chi connectivity index (χ0v) is 11.3. The minimum Gasteiger partial charge on any atom is -0.456 e. The van der Waals surface area contributed by atoms with Crippen LogP contribution in [0.25, 0.3) is 0 Å². The van der Waals surface area contributed by atoms with Gasteiger partial charge < -0.3 is 10.1 Å². The number of carbonyl (C=O) groups excluding carboxylic acids is 1. The number of esters is 1. The van der Waals surface area contributed by atoms with E-state index in [1.807, 2.05) is 30.3 Å². The van der Waals surface area contributed by atoms with Gasteiger partial charge in [-0.1, -0.05) is 30.3 Å². The normalized spacial score (nSPS) is 19.3. The fourth-order valence-corrected chi connectivity index (χ4v) is 2.96. The van der Waals surface area contributed by atoms with Crippen molar-refractivity contribution in [3.63, 3.8) is 0 Å². The molecule has 0 radical (unpaired) electrons. The van der Waals surface area contributed by atoms with Crippen molar-refractivity contribution in [3.05, 3.63) is 73.6 Å². The zero-order chi connectivity index (χ0) is 15.3. The number of anilines is 1. The Morgan fingerprint density at radius 2 is 1.82 bits per heavy atom. The van der Waals surface area contributed by atoms with Gasteiger partial charge in [-0.2, -0.15) is 0 Å². The van der Waals surface area contributed by atoms with Gasteiger partial charge in [0.05, 0.1) is 22.8 Å². The second-order valence-electron chi connectivity index (χ2n) is 5.13. The van der Waals surface area contributed by atoms with Gasteiger partial charge in [0.15, 0.2) is 0 Å². The number of H-pyrrole nitrogens is 2. The standard InChI is InChI=1S/C15H11N3O4/c19-13-11-9(7-4-2-1-3-5-7)10-8(6-22-14(10)20)16-12(11)17-15(21)18-13/h1-5,9H,6H2,(H3,16,17,18,19,21). The Labute approximate surface area is 123 Å². The van der Waals surface area contributed by atoms with Crippen molar-refractivity contribution in [2.24, 2.45) is 0 Å². The van der Waals surface area contributed by atoms with E-state index in [1.54, 1.807) is 0 Å². The molecule has 4 rings (SSSR count). The van der Waals surface area contributed by atoms with Crippen LogP contribution in [-0.4, -0.2) is 22.5 Å². The molecule has 7 heteroatoms. The van der Waals surface area contributed by atoms with Crippen molar-refractivity contribution in [2.75, 3.05) is 11.9 Å². The molecule has 1 aromatic carbocycles. The van der Waals surface area contributed by atoms with Gasteiger partial charge in [-0.3, -0.25) is 14.8 Å². The van der Waals surface area contributed by atoms with Crippen LogP contribution < -0.4 is 16.6 Å². The first-order chi connectivity index (χ1) is 10.6. The molecule has 3 N–H and O–H groups in total. The minimum atomic E-state index is -0.600. The Kier molecular flexibility index (Phi) is 2.56. The first-order valence-corrected chi connectivity index (χ1v) is 6.74. The van der Waals surface area contributed by atoms with E-state index in [4.69, 9.17) is 4.74 Å². The number of nitrogens with one attached hydrogen (secondary N) is 3. The summed E-state index contributed by atoms with van der Waals surface area (Å²) in [6.07, 6.45) is 0. The molecule has 0 spiro atoms. The average molecular weight is 297 g/mol. The fraction of sp³-hybridized carbons (Fsp3) is 0.133. The molecule has 7 nitrogen and oxygen atoms in total. The van der Waals surface area contributed by atoms with Crippen LogP contribution in [0, 0.1) is 0 Å². The summed E-state index contributed by atoms with van der Waals surface area (Å²) in [5.41, 5.74) is 0.963. The molecule has 0 bridgehead atoms. The molecule has 0 aliphatic carbocycles. The SMILES string of the molecule is O=C1OCC2=C1C(c1ccccc1)c1c([nH]c(=O)[nH]c1=O)N2. The number of aromatic amines is 2. The largest absolute Gasteiger partial charge is 0.456 e. The molecule has 1 atom stereocenters. The molecule has 0 saturated heterocycles. The van der Waals surface area contributed by atoms with Crippen LogP contribution in [0.3, 0.4) is 0 Å². The third-order valence-electron chi connectivity index (χ3n) is 3.86. The van der Waals surface area contributed by atoms with Gasteiger partial charge in [0.1, 0.15) is 12.4 Å². The number of benzene rings is 1. The van der Waals surface area contributed by atoms with Crippen LogP contribution in [0.1, 0.15) is 17.0 Å². The van der Waals surface area contributed by atoms with E-state index in [-0.39, 0.29) is 6.61 Å². The summed E-state index contributed by atoms with van der Waals surface area (Å²) < 4.78 is 5.07. The molecular weight excluding hydrogens is 286 g/mol. The summed E-state index contributed by atoms with van der Waals surface area (Å²) in [5.74, 6) is -0.713. The summed E-state index contributed by atoms with van der Waals surface area (Å²) in [6, 6.07) is 9.18. The summed E-state index contributed by atoms with van der Waals surface area (Å²) in [7, 11) is 0. The van der Waals surface area contributed by atoms with Crippen LogP contribution in [0.4, 0.5) is 5.82 Å². The number of rotatable bonds is 1. The van der Waals surface area contributed by atoms with Crippen LogP contribution in [0.2, 0.25) is 0 Å². The highest BCUT2D eigenvalue weighted by atomic mass is 16.5. The molecule has 0 saturated carbocycles. The molecule has 0 fully saturated rings. The second-order valence-corrected chi connectivity index (χ2v) is 5.13. The van der Waals surface area contributed by atoms with Crippen LogP contribution in [0.5, 0.6) is 0 Å². The zero-order valence-electron chi connectivity index (χ0n) is 11.3. The molecule has 2 aromatic rings. The molecule has 1 aromatic heterocycles. The number of hydrogen-bond donors (Lipinski definition) is 3. The smallest absolute Gasteiger partial charge is 0.337 e. The summed E-state index contributed by atoms with van der Waals surface area (Å²) in [5, 5.41) is 2.93. The lowest BCUT2D eigenvalue weighted by molar-refractivity contribution is -0.136. The molecule has 1 unspecified atom stereocenters. The topological polar surface area (TPSA) is 104 Å². The molecule has 110 valence electrons. The maximum atomic E-state index is 12.3. The first-order valence-electron chi connectivity index (χ1n) is 6.74. The van der Waals surface area contributed by atoms with Crippen molar-refractivity contribution >= 4 is 11.8 Å². The lowest BCUT2D eigenvalue weighted by atomic mass is 9.83. The number of fused-ring (bicyclic) bond motifs is 1. The van der Waals surface area contributed by atoms with Crippen LogP contribution >= 0.6 is 0 Å². The van der Waals surface area contributed by atoms with E-state index >= 15 is 0 Å². The van der Waals surface area contributed by atoms with E-state index < -0.39 is 23.1 Å². The average Bonchev–Trinajstić information content (AvgIpc) is 2.87. The molecule has 22 heavy (non-hydrogen) atoms. The summed E-state index contributed by atoms with van der Waals surface area (Å²) in [6.45, 7) is 0.103. The minimum absolute atomic E-state index is 0.103. The van der Waals surface area contributed by atoms with Gasteiger partial charge in [-0.15, -0.1) is 0 Å². The second kappa shape index (κ2) is 4.45. The van der Waals surface area contributed by atoms with E-state index in [1.165, 1.54) is 0 Å². The predicted molar refractivity (Wildman–Crippen MR) is 77.6 cm³/mol. The lowest BCUT2D eigenvalue weighted by Gasteiger charge is -2.25. The number of cyclic esters (lactones) is 1. The third kappa shape index (κ3) is 1.72. The van der Waals surface area contributed by atoms with Crippen molar-refractivity contribution in [1.82, 2.24) is 9.97 Å². The quantitative estimate of drug-likeness (QED) is 0.662. The summed E-state index contributed by atoms with van der Waals surface area (Å²) in [4.78, 5) is 40.6. The van der Waals surface area contributed by atoms with Gasteiger partial charge in [0.25, 0.3) is 5.56 Å². The van der Waals surface area contributed by atoms with Crippen molar-refractivity contribution in [1.29, 1.82) is 0 Å². The van der Waals surface area contributed by atoms with Crippen molar-refractivity contribution in [3.8, 4) is 0 Å². The molecule has 2 aliphatic heterocycles. The lowest BCUT2D eigenvalue weighted by Crippen LogP contribution is -2.33. The number of ether oxygens (including phenoxy) is 1. The fourth-order valence-electron chi connectivity index (χ4n) is 2.96. The monoisotopic (exact) mass is 297 g/mol. The Morgan fingerprint density at radius 1 is 1.05 bits per heavy atom. The van der Waals surface area contributed by atoms with Gasteiger partial charge in [-0.25, -0.2) is 9.59 Å². The number of hydrogen-bond acceptors (Lipinski definition) is 5. The first kappa shape index (κ1) is 12.6. The van der Waals surface area contributed by atoms with E-state index in [0.717, 1.165) is 5.56 Å². The molecule has 2 aliphatic rings. The third-order valence-corrected chi connectivity index (χ3v) is 3.86. The number of carbonyl (C=O) groups is 1. The highest BCUT2D eigenvalue weighted by Crippen LogP contribution is 2.41. The molecule has 3 heterocycles. The predicted octanol–water partition coefficient (Wildman–Crippen LogP) is 0.431. The van der Waals surface area contributed by atoms with Gasteiger partial charge in [-0.05, 0) is 5.56 Å². The van der Waals surface area contributed by atoms with Crippen molar-refractivity contribution in [2.45, 2.75) is 5.92 Å². The number of aromatic nitrogens is 2. The summed E-state index contributed by atoms with van der Waals surface area (Å²) >= 11 is 0. The van der Waals surface area contributed by atoms with Crippen molar-refractivity contribution < 1.29 is 9.53 Å². The highest BCUT2D eigenvalue weighted by molar-refractivity contribution is 5.96. The Balaban J connectivity index is 2.03. The van der Waals surface area contributed by atoms with Gasteiger partial charge in [0.2, 0.25) is 0 Å². The van der Waals surface area contributed by atoms with Gasteiger partial charge in [0, 0.05) is 0 Å². The van der Waals surface area contributed by atoms with Gasteiger partial charge >= 0.3 is 11.7 Å². The highest BCUT2D eigenvalue weighted by Gasteiger charge is 2.40. The van der Waals surface area contributed by atoms with Crippen LogP contribution in [-0.2, 0) is 9.53 Å². The Bertz CT molecular complexity index is 924. The van der Waals surface area contributed by atoms with Crippen LogP contribution in [0.15, 0.2) is 51.2 Å². The van der Waals surface area contributed by atoms with E-state index in [9.17, 15) is 14.4 Å². The van der Waals surface area contributed by atoms with E-state index in [2.05, 4.69) is 15.3 Å². The van der Waals surface area contributed by atoms with E-state index in [0.29, 0.717) is 22.7 Å². The maximum Gasteiger partial charge on any atom is 0.337 e. The Morgan fingerprint density at radius 3 is 2.59 bits per heavy atom.